The number of benzene rings is 2. The van der Waals surface area contributed by atoms with Crippen molar-refractivity contribution in [3.05, 3.63) is 95.2 Å². The Hall–Kier alpha value is -2.54. The second-order valence-electron chi connectivity index (χ2n) is 7.15. The molecule has 2 heterocycles. The van der Waals surface area contributed by atoms with Gasteiger partial charge in [-0.15, -0.1) is 24.2 Å². The monoisotopic (exact) mass is 442 g/mol. The fourth-order valence-electron chi connectivity index (χ4n) is 3.58. The van der Waals surface area contributed by atoms with E-state index in [0.29, 0.717) is 5.75 Å². The van der Waals surface area contributed by atoms with E-state index in [1.807, 2.05) is 67.6 Å². The van der Waals surface area contributed by atoms with E-state index >= 15 is 0 Å². The van der Waals surface area contributed by atoms with E-state index in [9.17, 15) is 9.59 Å². The van der Waals surface area contributed by atoms with Gasteiger partial charge in [0.1, 0.15) is 17.1 Å². The van der Waals surface area contributed by atoms with Gasteiger partial charge in [-0.25, -0.2) is 4.79 Å². The quantitative estimate of drug-likeness (QED) is 0.563. The van der Waals surface area contributed by atoms with Crippen LogP contribution in [0.4, 0.5) is 0 Å². The van der Waals surface area contributed by atoms with E-state index in [0.717, 1.165) is 22.3 Å². The Kier molecular flexibility index (Phi) is 6.71. The first-order chi connectivity index (χ1) is 14.0. The van der Waals surface area contributed by atoms with Crippen molar-refractivity contribution in [3.8, 4) is 0 Å². The van der Waals surface area contributed by atoms with Crippen molar-refractivity contribution in [2.45, 2.75) is 24.4 Å². The summed E-state index contributed by atoms with van der Waals surface area (Å²) in [5.41, 5.74) is 9.40. The molecule has 2 aromatic rings. The topological polar surface area (TPSA) is 72.6 Å². The van der Waals surface area contributed by atoms with Crippen molar-refractivity contribution < 1.29 is 14.3 Å². The lowest BCUT2D eigenvalue weighted by Gasteiger charge is -2.48. The Morgan fingerprint density at radius 1 is 1.13 bits per heavy atom. The summed E-state index contributed by atoms with van der Waals surface area (Å²) in [4.78, 5) is 27.2. The smallest absolute Gasteiger partial charge is 0.356 e. The highest BCUT2D eigenvalue weighted by Crippen LogP contribution is 2.42. The van der Waals surface area contributed by atoms with Crippen LogP contribution in [0.25, 0.3) is 0 Å². The van der Waals surface area contributed by atoms with Crippen LogP contribution in [-0.4, -0.2) is 33.9 Å². The fourth-order valence-corrected chi connectivity index (χ4v) is 4.98. The van der Waals surface area contributed by atoms with Crippen LogP contribution >= 0.6 is 24.2 Å². The van der Waals surface area contributed by atoms with Gasteiger partial charge in [0, 0.05) is 5.75 Å². The number of hydrogen-bond acceptors (Lipinski definition) is 5. The average molecular weight is 443 g/mol. The van der Waals surface area contributed by atoms with Gasteiger partial charge < -0.3 is 10.5 Å². The highest BCUT2D eigenvalue weighted by molar-refractivity contribution is 8.00. The van der Waals surface area contributed by atoms with E-state index in [1.54, 1.807) is 11.8 Å². The lowest BCUT2D eigenvalue weighted by Crippen LogP contribution is -2.68. The lowest BCUT2D eigenvalue weighted by molar-refractivity contribution is -0.153. The zero-order chi connectivity index (χ0) is 20.5. The maximum atomic E-state index is 13.3. The maximum Gasteiger partial charge on any atom is 0.356 e. The minimum absolute atomic E-state index is 0. The van der Waals surface area contributed by atoms with Crippen LogP contribution in [0.1, 0.15) is 24.2 Å². The molecule has 2 aliphatic heterocycles. The number of hydrogen-bond donors (Lipinski definition) is 1. The summed E-state index contributed by atoms with van der Waals surface area (Å²) in [5.74, 6) is -0.224. The molecule has 1 amide bonds. The number of nitrogens with zero attached hydrogens (tertiary/aromatic N) is 1. The zero-order valence-electron chi connectivity index (χ0n) is 16.5. The van der Waals surface area contributed by atoms with Gasteiger partial charge >= 0.3 is 5.97 Å². The number of β-lactam (4-membered cyclic amide) rings is 1. The van der Waals surface area contributed by atoms with Crippen molar-refractivity contribution in [3.63, 3.8) is 0 Å². The Morgan fingerprint density at radius 2 is 1.67 bits per heavy atom. The molecule has 0 saturated carbocycles. The van der Waals surface area contributed by atoms with Gasteiger partial charge in [0.05, 0.1) is 0 Å². The molecule has 7 heteroatoms. The molecule has 0 aliphatic carbocycles. The molecule has 0 radical (unpaired) electrons. The number of ether oxygens (including phenoxy) is 1. The molecule has 1 saturated heterocycles. The first-order valence-electron chi connectivity index (χ1n) is 9.39. The summed E-state index contributed by atoms with van der Waals surface area (Å²) >= 11 is 1.55. The Morgan fingerprint density at radius 3 is 2.17 bits per heavy atom. The molecule has 1 fully saturated rings. The molecular formula is C23H23ClN2O3S. The van der Waals surface area contributed by atoms with Crippen LogP contribution in [0, 0.1) is 0 Å². The number of fused-ring (bicyclic) bond motifs is 1. The number of carbonyl (C=O) groups is 2. The number of halogens is 1. The standard InChI is InChI=1S/C23H22N2O3S.ClH/c1-14(2)17-13-29-22-18(24)21(26)25(22)19(17)23(27)28-20(15-9-5-3-6-10-15)16-11-7-4-8-12-16;/h3-12,18,20,22H,1,13,24H2,2H3;1H/t18?,22-;/m1./s1. The molecule has 30 heavy (non-hydrogen) atoms. The van der Waals surface area contributed by atoms with Crippen LogP contribution in [0.2, 0.25) is 0 Å². The van der Waals surface area contributed by atoms with Crippen molar-refractivity contribution in [2.75, 3.05) is 5.75 Å². The van der Waals surface area contributed by atoms with Crippen molar-refractivity contribution in [2.24, 2.45) is 5.73 Å². The van der Waals surface area contributed by atoms with Gasteiger partial charge in [-0.1, -0.05) is 72.8 Å². The first kappa shape index (κ1) is 22.2. The Labute approximate surface area is 186 Å². The van der Waals surface area contributed by atoms with Crippen molar-refractivity contribution >= 4 is 36.0 Å². The largest absolute Gasteiger partial charge is 0.448 e. The second-order valence-corrected chi connectivity index (χ2v) is 8.25. The van der Waals surface area contributed by atoms with Crippen LogP contribution in [0.3, 0.4) is 0 Å². The molecule has 2 aromatic carbocycles. The average Bonchev–Trinajstić information content (AvgIpc) is 2.76. The molecule has 0 aromatic heterocycles. The van der Waals surface area contributed by atoms with E-state index in [-0.39, 0.29) is 29.4 Å². The van der Waals surface area contributed by atoms with Gasteiger partial charge in [-0.2, -0.15) is 0 Å². The number of nitrogens with two attached hydrogens (primary N) is 1. The number of rotatable bonds is 5. The van der Waals surface area contributed by atoms with E-state index in [1.165, 1.54) is 4.90 Å². The van der Waals surface area contributed by atoms with Gasteiger partial charge in [0.15, 0.2) is 6.10 Å². The molecule has 0 spiro atoms. The summed E-state index contributed by atoms with van der Waals surface area (Å²) in [6.45, 7) is 5.82. The molecule has 4 rings (SSSR count). The van der Waals surface area contributed by atoms with Crippen molar-refractivity contribution in [1.29, 1.82) is 0 Å². The molecule has 5 nitrogen and oxygen atoms in total. The lowest BCUT2D eigenvalue weighted by atomic mass is 9.99. The predicted molar refractivity (Wildman–Crippen MR) is 121 cm³/mol. The summed E-state index contributed by atoms with van der Waals surface area (Å²) in [6.07, 6.45) is -0.582. The van der Waals surface area contributed by atoms with Gasteiger partial charge in [0.2, 0.25) is 5.91 Å². The minimum Gasteiger partial charge on any atom is -0.448 e. The summed E-state index contributed by atoms with van der Waals surface area (Å²) in [5, 5.41) is -0.236. The van der Waals surface area contributed by atoms with Crippen LogP contribution in [0.15, 0.2) is 84.1 Å². The van der Waals surface area contributed by atoms with Crippen molar-refractivity contribution in [1.82, 2.24) is 4.90 Å². The van der Waals surface area contributed by atoms with E-state index in [2.05, 4.69) is 6.58 Å². The van der Waals surface area contributed by atoms with Gasteiger partial charge in [0.25, 0.3) is 0 Å². The van der Waals surface area contributed by atoms with E-state index in [4.69, 9.17) is 10.5 Å². The molecule has 0 bridgehead atoms. The van der Waals surface area contributed by atoms with E-state index < -0.39 is 18.1 Å². The highest BCUT2D eigenvalue weighted by Gasteiger charge is 2.52. The number of thioether (sulfide) groups is 1. The maximum absolute atomic E-state index is 13.3. The third kappa shape index (κ3) is 3.90. The molecule has 2 aliphatic rings. The molecule has 156 valence electrons. The number of carbonyl (C=O) groups excluding carboxylic acids is 2. The number of allylic oxidation sites excluding steroid dienone is 1. The van der Waals surface area contributed by atoms with Gasteiger partial charge in [-0.05, 0) is 23.6 Å². The summed E-state index contributed by atoms with van der Waals surface area (Å²) < 4.78 is 6.00. The minimum atomic E-state index is -0.589. The molecule has 1 unspecified atom stereocenters. The third-order valence-electron chi connectivity index (χ3n) is 5.15. The second kappa shape index (κ2) is 9.08. The molecule has 2 N–H and O–H groups in total. The van der Waals surface area contributed by atoms with Crippen LogP contribution in [0.5, 0.6) is 0 Å². The van der Waals surface area contributed by atoms with Crippen LogP contribution < -0.4 is 5.73 Å². The molecular weight excluding hydrogens is 420 g/mol. The van der Waals surface area contributed by atoms with Gasteiger partial charge in [-0.3, -0.25) is 9.69 Å². The normalized spacial score (nSPS) is 20.2. The number of amides is 1. The number of esters is 1. The molecule has 2 atom stereocenters. The Bertz CT molecular complexity index is 955. The summed E-state index contributed by atoms with van der Waals surface area (Å²) in [6, 6.07) is 18.5. The fraction of sp³-hybridized carbons (Fsp3) is 0.217. The summed E-state index contributed by atoms with van der Waals surface area (Å²) in [7, 11) is 0. The first-order valence-corrected chi connectivity index (χ1v) is 10.4. The Balaban J connectivity index is 0.00000256. The predicted octanol–water partition coefficient (Wildman–Crippen LogP) is 3.81. The zero-order valence-corrected chi connectivity index (χ0v) is 18.1. The highest BCUT2D eigenvalue weighted by atomic mass is 35.5. The SMILES string of the molecule is C=C(C)C1=C(C(=O)OC(c2ccccc2)c2ccccc2)N2C(=O)C(N)[C@H]2SC1.Cl. The van der Waals surface area contributed by atoms with Crippen LogP contribution in [-0.2, 0) is 14.3 Å². The third-order valence-corrected chi connectivity index (χ3v) is 6.45.